The molecule has 0 fully saturated rings. The summed E-state index contributed by atoms with van der Waals surface area (Å²) >= 11 is 1.64. The molecule has 3 nitrogen and oxygen atoms in total. The minimum absolute atomic E-state index is 0.522. The maximum atomic E-state index is 11.6. The summed E-state index contributed by atoms with van der Waals surface area (Å²) in [5.41, 5.74) is 2.67. The summed E-state index contributed by atoms with van der Waals surface area (Å²) in [6, 6.07) is 3.96. The molecular weight excluding hydrogens is 246 g/mol. The molecule has 18 heavy (non-hydrogen) atoms. The van der Waals surface area contributed by atoms with Gasteiger partial charge in [0.05, 0.1) is 5.56 Å². The maximum Gasteiger partial charge on any atom is 0.339 e. The second-order valence-corrected chi connectivity index (χ2v) is 5.80. The molecule has 0 aromatic carbocycles. The first kappa shape index (κ1) is 11.5. The molecule has 2 aromatic rings. The van der Waals surface area contributed by atoms with Gasteiger partial charge in [-0.3, -0.25) is 0 Å². The number of aromatic nitrogens is 1. The van der Waals surface area contributed by atoms with Crippen LogP contribution in [0.2, 0.25) is 0 Å². The van der Waals surface area contributed by atoms with Crippen LogP contribution in [-0.2, 0) is 12.8 Å². The molecule has 2 aromatic heterocycles. The molecule has 1 N–H and O–H groups in total. The van der Waals surface area contributed by atoms with Crippen LogP contribution in [0.15, 0.2) is 18.3 Å². The van der Waals surface area contributed by atoms with Crippen LogP contribution in [0, 0.1) is 6.92 Å². The molecular formula is C14H15NO2S. The van der Waals surface area contributed by atoms with Gasteiger partial charge in [-0.25, -0.2) is 4.79 Å². The molecule has 1 aliphatic carbocycles. The van der Waals surface area contributed by atoms with E-state index >= 15 is 0 Å². The van der Waals surface area contributed by atoms with Crippen LogP contribution in [0.5, 0.6) is 0 Å². The van der Waals surface area contributed by atoms with E-state index < -0.39 is 5.97 Å². The van der Waals surface area contributed by atoms with Gasteiger partial charge >= 0.3 is 5.97 Å². The Labute approximate surface area is 110 Å². The molecule has 0 spiro atoms. The van der Waals surface area contributed by atoms with E-state index in [1.807, 2.05) is 29.8 Å². The van der Waals surface area contributed by atoms with Crippen molar-refractivity contribution in [3.8, 4) is 5.00 Å². The minimum Gasteiger partial charge on any atom is -0.478 e. The Kier molecular flexibility index (Phi) is 2.74. The van der Waals surface area contributed by atoms with Crippen LogP contribution >= 0.6 is 11.3 Å². The van der Waals surface area contributed by atoms with Crippen LogP contribution in [0.4, 0.5) is 0 Å². The van der Waals surface area contributed by atoms with Gasteiger partial charge in [0.15, 0.2) is 0 Å². The fraction of sp³-hybridized carbons (Fsp3) is 0.357. The second-order valence-electron chi connectivity index (χ2n) is 4.72. The lowest BCUT2D eigenvalue weighted by Gasteiger charge is -2.10. The summed E-state index contributed by atoms with van der Waals surface area (Å²) in [6.45, 7) is 2.00. The third kappa shape index (κ3) is 1.68. The molecule has 0 saturated carbocycles. The van der Waals surface area contributed by atoms with Gasteiger partial charge in [0.1, 0.15) is 5.00 Å². The topological polar surface area (TPSA) is 42.2 Å². The van der Waals surface area contributed by atoms with Crippen LogP contribution < -0.4 is 0 Å². The van der Waals surface area contributed by atoms with Gasteiger partial charge in [-0.05, 0) is 50.3 Å². The predicted molar refractivity (Wildman–Crippen MR) is 72.0 cm³/mol. The molecule has 1 aliphatic rings. The monoisotopic (exact) mass is 261 g/mol. The van der Waals surface area contributed by atoms with E-state index in [1.54, 1.807) is 11.3 Å². The Hall–Kier alpha value is -1.55. The average Bonchev–Trinajstić information content (AvgIpc) is 2.91. The minimum atomic E-state index is -0.794. The lowest BCUT2D eigenvalue weighted by atomic mass is 9.95. The van der Waals surface area contributed by atoms with E-state index in [0.29, 0.717) is 5.56 Å². The van der Waals surface area contributed by atoms with Crippen molar-refractivity contribution >= 4 is 17.3 Å². The Morgan fingerprint density at radius 3 is 2.83 bits per heavy atom. The molecule has 0 amide bonds. The zero-order valence-corrected chi connectivity index (χ0v) is 11.1. The molecule has 94 valence electrons. The molecule has 0 unspecified atom stereocenters. The Balaban J connectivity index is 2.23. The van der Waals surface area contributed by atoms with Crippen molar-refractivity contribution in [2.75, 3.05) is 0 Å². The number of aromatic carboxylic acids is 1. The number of aryl methyl sites for hydroxylation is 2. The largest absolute Gasteiger partial charge is 0.478 e. The molecule has 0 radical (unpaired) electrons. The van der Waals surface area contributed by atoms with Crippen LogP contribution in [0.1, 0.15) is 39.3 Å². The molecule has 4 heteroatoms. The fourth-order valence-electron chi connectivity index (χ4n) is 2.64. The van der Waals surface area contributed by atoms with Crippen molar-refractivity contribution in [2.24, 2.45) is 0 Å². The second kappa shape index (κ2) is 4.28. The number of carbonyl (C=O) groups is 1. The van der Waals surface area contributed by atoms with Gasteiger partial charge in [0, 0.05) is 16.8 Å². The van der Waals surface area contributed by atoms with Crippen LogP contribution in [0.25, 0.3) is 5.00 Å². The molecule has 0 saturated heterocycles. The van der Waals surface area contributed by atoms with E-state index in [2.05, 4.69) is 0 Å². The van der Waals surface area contributed by atoms with Gasteiger partial charge in [-0.15, -0.1) is 11.3 Å². The number of rotatable bonds is 2. The zero-order chi connectivity index (χ0) is 12.7. The van der Waals surface area contributed by atoms with Gasteiger partial charge in [0.25, 0.3) is 0 Å². The van der Waals surface area contributed by atoms with E-state index in [9.17, 15) is 9.90 Å². The molecule has 2 heterocycles. The number of nitrogens with zero attached hydrogens (tertiary/aromatic N) is 1. The van der Waals surface area contributed by atoms with Crippen molar-refractivity contribution in [3.63, 3.8) is 0 Å². The fourth-order valence-corrected chi connectivity index (χ4v) is 4.06. The Bertz CT molecular complexity index is 609. The third-order valence-electron chi connectivity index (χ3n) is 3.54. The van der Waals surface area contributed by atoms with Gasteiger partial charge in [0.2, 0.25) is 0 Å². The van der Waals surface area contributed by atoms with E-state index in [1.165, 1.54) is 11.3 Å². The van der Waals surface area contributed by atoms with Gasteiger partial charge in [-0.1, -0.05) is 0 Å². The van der Waals surface area contributed by atoms with E-state index in [0.717, 1.165) is 35.5 Å². The van der Waals surface area contributed by atoms with E-state index in [-0.39, 0.29) is 0 Å². The van der Waals surface area contributed by atoms with Crippen LogP contribution in [-0.4, -0.2) is 15.6 Å². The summed E-state index contributed by atoms with van der Waals surface area (Å²) < 4.78 is 1.99. The number of fused-ring (bicyclic) bond motifs is 1. The van der Waals surface area contributed by atoms with Crippen molar-refractivity contribution < 1.29 is 9.90 Å². The zero-order valence-electron chi connectivity index (χ0n) is 10.3. The number of carboxylic acid groups (broad SMARTS) is 1. The summed E-state index contributed by atoms with van der Waals surface area (Å²) in [7, 11) is 0. The molecule has 0 atom stereocenters. The average molecular weight is 261 g/mol. The van der Waals surface area contributed by atoms with Crippen molar-refractivity contribution in [2.45, 2.75) is 32.6 Å². The lowest BCUT2D eigenvalue weighted by Crippen LogP contribution is -2.08. The summed E-state index contributed by atoms with van der Waals surface area (Å²) in [4.78, 5) is 12.8. The Morgan fingerprint density at radius 1 is 1.39 bits per heavy atom. The van der Waals surface area contributed by atoms with E-state index in [4.69, 9.17) is 0 Å². The number of hydrogen-bond acceptors (Lipinski definition) is 2. The normalized spacial score (nSPS) is 14.5. The standard InChI is InChI=1S/C14H15NO2S/c1-9-5-4-8-15(9)13-12(14(16)17)10-6-2-3-7-11(10)18-13/h4-5,8H,2-3,6-7H2,1H3,(H,16,17). The first-order valence-electron chi connectivity index (χ1n) is 6.20. The van der Waals surface area contributed by atoms with Crippen molar-refractivity contribution in [1.29, 1.82) is 0 Å². The predicted octanol–water partition coefficient (Wildman–Crippen LogP) is 3.42. The molecule has 0 aliphatic heterocycles. The first-order valence-corrected chi connectivity index (χ1v) is 7.02. The number of thiophene rings is 1. The highest BCUT2D eigenvalue weighted by atomic mass is 32.1. The Morgan fingerprint density at radius 2 is 2.17 bits per heavy atom. The molecule has 0 bridgehead atoms. The summed E-state index contributed by atoms with van der Waals surface area (Å²) in [5, 5.41) is 10.4. The number of carboxylic acids is 1. The third-order valence-corrected chi connectivity index (χ3v) is 4.83. The smallest absolute Gasteiger partial charge is 0.339 e. The van der Waals surface area contributed by atoms with Gasteiger partial charge < -0.3 is 9.67 Å². The quantitative estimate of drug-likeness (QED) is 0.900. The highest BCUT2D eigenvalue weighted by Crippen LogP contribution is 2.37. The molecule has 3 rings (SSSR count). The summed E-state index contributed by atoms with van der Waals surface area (Å²) in [5.74, 6) is -0.794. The first-order chi connectivity index (χ1) is 8.68. The highest BCUT2D eigenvalue weighted by Gasteiger charge is 2.26. The van der Waals surface area contributed by atoms with Crippen LogP contribution in [0.3, 0.4) is 0 Å². The van der Waals surface area contributed by atoms with Gasteiger partial charge in [-0.2, -0.15) is 0 Å². The maximum absolute atomic E-state index is 11.6. The number of hydrogen-bond donors (Lipinski definition) is 1. The van der Waals surface area contributed by atoms with Crippen molar-refractivity contribution in [3.05, 3.63) is 40.0 Å². The summed E-state index contributed by atoms with van der Waals surface area (Å²) in [6.07, 6.45) is 6.16. The van der Waals surface area contributed by atoms with Crippen molar-refractivity contribution in [1.82, 2.24) is 4.57 Å². The lowest BCUT2D eigenvalue weighted by molar-refractivity contribution is 0.0696. The highest BCUT2D eigenvalue weighted by molar-refractivity contribution is 7.15. The SMILES string of the molecule is Cc1cccn1-c1sc2c(c1C(=O)O)CCCC2.